The smallest absolute Gasteiger partial charge is 0.216 e. The van der Waals surface area contributed by atoms with Crippen molar-refractivity contribution in [2.45, 2.75) is 64.1 Å². The Hall–Kier alpha value is -4.66. The molecule has 4 aromatic carbocycles. The third-order valence-corrected chi connectivity index (χ3v) is 16.9. The molecule has 5 aromatic heterocycles. The summed E-state index contributed by atoms with van der Waals surface area (Å²) in [6.07, 6.45) is 5.03. The summed E-state index contributed by atoms with van der Waals surface area (Å²) in [5.41, 5.74) is 11.5. The number of furan rings is 2. The molecule has 0 amide bonds. The maximum absolute atomic E-state index is 6.24. The molecule has 58 heavy (non-hydrogen) atoms. The van der Waals surface area contributed by atoms with E-state index in [-0.39, 0.29) is 20.1 Å². The first-order valence-corrected chi connectivity index (χ1v) is 30.7. The van der Waals surface area contributed by atoms with Crippen LogP contribution in [0.15, 0.2) is 124 Å². The normalized spacial score (nSPS) is 12.0. The number of rotatable bonds is 7. The van der Waals surface area contributed by atoms with Gasteiger partial charge < -0.3 is 9.40 Å². The maximum Gasteiger partial charge on any atom is 0.216 e. The van der Waals surface area contributed by atoms with Crippen LogP contribution in [0.5, 0.6) is 0 Å². The topological polar surface area (TPSA) is 65.0 Å². The van der Waals surface area contributed by atoms with Crippen LogP contribution in [0, 0.1) is 25.0 Å². The molecule has 8 heteroatoms. The molecule has 9 rings (SSSR count). The van der Waals surface area contributed by atoms with Crippen molar-refractivity contribution in [3.05, 3.63) is 139 Å². The molecule has 1 radical (unpaired) electrons. The second-order valence-corrected chi connectivity index (χ2v) is 33.2. The van der Waals surface area contributed by atoms with Crippen LogP contribution in [-0.2, 0) is 26.5 Å². The molecule has 5 heterocycles. The summed E-state index contributed by atoms with van der Waals surface area (Å²) in [5, 5.41) is 5.77. The van der Waals surface area contributed by atoms with Gasteiger partial charge in [0.15, 0.2) is 0 Å². The summed E-state index contributed by atoms with van der Waals surface area (Å²) in [7, 11) is -1.31. The van der Waals surface area contributed by atoms with Crippen molar-refractivity contribution in [3.63, 3.8) is 0 Å². The molecule has 0 atom stereocenters. The van der Waals surface area contributed by atoms with Gasteiger partial charge in [0, 0.05) is 37.3 Å². The van der Waals surface area contributed by atoms with Crippen LogP contribution < -0.4 is 9.58 Å². The molecule has 0 aliphatic carbocycles. The van der Waals surface area contributed by atoms with Gasteiger partial charge in [-0.25, -0.2) is 4.98 Å². The van der Waals surface area contributed by atoms with E-state index in [4.69, 9.17) is 18.8 Å². The average Bonchev–Trinajstić information content (AvgIpc) is 3.75. The van der Waals surface area contributed by atoms with Crippen molar-refractivity contribution in [2.24, 2.45) is 5.92 Å². The van der Waals surface area contributed by atoms with Crippen molar-refractivity contribution in [2.75, 3.05) is 0 Å². The summed E-state index contributed by atoms with van der Waals surface area (Å²) < 4.78 is 13.9. The molecule has 0 spiro atoms. The summed E-state index contributed by atoms with van der Waals surface area (Å²) >= 11 is -1.98. The molecule has 295 valence electrons. The van der Waals surface area contributed by atoms with Crippen LogP contribution >= 0.6 is 0 Å². The predicted octanol–water partition coefficient (Wildman–Crippen LogP) is 12.6. The molecule has 5 nitrogen and oxygen atoms in total. The molecule has 0 fully saturated rings. The number of aromatic nitrogens is 3. The quantitative estimate of drug-likeness (QED) is 0.118. The first kappa shape index (κ1) is 41.5. The minimum absolute atomic E-state index is 0. The van der Waals surface area contributed by atoms with E-state index < -0.39 is 21.3 Å². The Morgan fingerprint density at radius 3 is 2.00 bits per heavy atom. The Morgan fingerprint density at radius 2 is 1.34 bits per heavy atom. The largest absolute Gasteiger partial charge is 0.486 e. The minimum atomic E-state index is -1.98. The fourth-order valence-electron chi connectivity index (χ4n) is 7.59. The van der Waals surface area contributed by atoms with Gasteiger partial charge in [0.05, 0.1) is 19.4 Å². The number of para-hydroxylation sites is 1. The van der Waals surface area contributed by atoms with Crippen LogP contribution in [-0.4, -0.2) is 36.3 Å². The van der Waals surface area contributed by atoms with Gasteiger partial charge in [0.25, 0.3) is 0 Å². The third-order valence-electron chi connectivity index (χ3n) is 10.5. The molecular formula is C50H49GeIrN3O2Si-2. The Morgan fingerprint density at radius 1 is 0.690 bits per heavy atom. The molecular weight excluding hydrogens is 967 g/mol. The number of benzene rings is 4. The van der Waals surface area contributed by atoms with Gasteiger partial charge in [-0.15, -0.1) is 18.2 Å². The summed E-state index contributed by atoms with van der Waals surface area (Å²) in [6, 6.07) is 42.2. The molecule has 0 aliphatic rings. The molecule has 9 aromatic rings. The summed E-state index contributed by atoms with van der Waals surface area (Å²) in [4.78, 5) is 14.2. The van der Waals surface area contributed by atoms with Gasteiger partial charge in [0.2, 0.25) is 5.71 Å². The standard InChI is InChI=1S/C26H23N2OSi.C24H26GeNO.Ir/c1-17-14-15-27-24(16-17)22-7-5-6-20-21-12-13-23(28-26(21)29-25(20)22)18-8-10-19(11-9-18)30(2,3)4;1-16(2)13-17-14-22(26-15-21(17)25(3,4)5)20-11-8-10-19-18-9-6-7-12-23(18)27-24(19)20;/h5-6,8-16H,1-4H3;6-10,12,14-16H,13H2,1-5H3;/q2*-1;. The van der Waals surface area contributed by atoms with Crippen molar-refractivity contribution < 1.29 is 28.9 Å². The van der Waals surface area contributed by atoms with E-state index >= 15 is 0 Å². The van der Waals surface area contributed by atoms with E-state index in [0.29, 0.717) is 11.6 Å². The first-order chi connectivity index (χ1) is 27.2. The summed E-state index contributed by atoms with van der Waals surface area (Å²) in [5.74, 6) is 7.93. The van der Waals surface area contributed by atoms with Crippen LogP contribution in [0.1, 0.15) is 25.0 Å². The van der Waals surface area contributed by atoms with E-state index in [1.807, 2.05) is 42.6 Å². The minimum Gasteiger partial charge on any atom is -0.486 e. The summed E-state index contributed by atoms with van der Waals surface area (Å²) in [6.45, 7) is 13.7. The zero-order valence-corrected chi connectivity index (χ0v) is 40.2. The molecule has 0 unspecified atom stereocenters. The van der Waals surface area contributed by atoms with Crippen LogP contribution in [0.4, 0.5) is 0 Å². The van der Waals surface area contributed by atoms with Gasteiger partial charge in [-0.2, -0.15) is 0 Å². The monoisotopic (exact) mass is 1020 g/mol. The van der Waals surface area contributed by atoms with Crippen LogP contribution in [0.25, 0.3) is 77.8 Å². The van der Waals surface area contributed by atoms with E-state index in [1.165, 1.54) is 15.1 Å². The van der Waals surface area contributed by atoms with Gasteiger partial charge in [0.1, 0.15) is 0 Å². The SMILES string of the molecule is CC(C)Cc1cc(-c2[c-]ccc3c2oc2ccccc23)nc[c]1[Ge]([CH3])([CH3])[CH3].Cc1ccnc(-c2[c-]ccc3c2oc2nc(-c4ccc([Si](C)(C)C)cc4)ccc23)c1.[Ir]. The van der Waals surface area contributed by atoms with E-state index in [1.54, 1.807) is 0 Å². The number of hydrogen-bond donors (Lipinski definition) is 0. The molecule has 0 aliphatic heterocycles. The predicted molar refractivity (Wildman–Crippen MR) is 244 cm³/mol. The first-order valence-electron chi connectivity index (χ1n) is 19.8. The van der Waals surface area contributed by atoms with E-state index in [0.717, 1.165) is 84.1 Å². The van der Waals surface area contributed by atoms with Crippen molar-refractivity contribution in [1.82, 2.24) is 15.0 Å². The van der Waals surface area contributed by atoms with Gasteiger partial charge >= 0.3 is 164 Å². The van der Waals surface area contributed by atoms with Gasteiger partial charge in [-0.1, -0.05) is 71.7 Å². The fraction of sp³-hybridized carbons (Fsp3) is 0.220. The van der Waals surface area contributed by atoms with Crippen LogP contribution in [0.3, 0.4) is 0 Å². The Labute approximate surface area is 359 Å². The Balaban J connectivity index is 0.000000175. The van der Waals surface area contributed by atoms with Crippen molar-refractivity contribution in [1.29, 1.82) is 0 Å². The average molecular weight is 1020 g/mol. The second kappa shape index (κ2) is 16.5. The van der Waals surface area contributed by atoms with Crippen molar-refractivity contribution >= 4 is 74.9 Å². The maximum atomic E-state index is 6.24. The van der Waals surface area contributed by atoms with Gasteiger partial charge in [-0.05, 0) is 30.8 Å². The Bertz CT molecular complexity index is 2900. The van der Waals surface area contributed by atoms with Crippen molar-refractivity contribution in [3.8, 4) is 33.8 Å². The molecule has 0 saturated heterocycles. The number of hydrogen-bond acceptors (Lipinski definition) is 5. The number of nitrogens with zero attached hydrogens (tertiary/aromatic N) is 3. The van der Waals surface area contributed by atoms with Crippen LogP contribution in [0.2, 0.25) is 36.9 Å². The third kappa shape index (κ3) is 8.41. The zero-order chi connectivity index (χ0) is 40.1. The zero-order valence-electron chi connectivity index (χ0n) is 34.7. The molecule has 0 N–H and O–H groups in total. The number of fused-ring (bicyclic) bond motifs is 6. The number of aryl methyl sites for hydroxylation is 1. The van der Waals surface area contributed by atoms with E-state index in [9.17, 15) is 0 Å². The second-order valence-electron chi connectivity index (χ2n) is 17.6. The Kier molecular flexibility index (Phi) is 11.8. The van der Waals surface area contributed by atoms with Gasteiger partial charge in [-0.3, -0.25) is 0 Å². The fourth-order valence-corrected chi connectivity index (χ4v) is 12.1. The molecule has 0 saturated carbocycles. The van der Waals surface area contributed by atoms with E-state index in [2.05, 4.69) is 148 Å². The number of pyridine rings is 3. The molecule has 0 bridgehead atoms.